The smallest absolute Gasteiger partial charge is 0.329 e. The number of hydrogen-bond donors (Lipinski definition) is 1. The van der Waals surface area contributed by atoms with Gasteiger partial charge in [-0.15, -0.1) is 0 Å². The number of rotatable bonds is 6. The molecule has 0 unspecified atom stereocenters. The lowest BCUT2D eigenvalue weighted by atomic mass is 9.85. The Morgan fingerprint density at radius 1 is 1.14 bits per heavy atom. The van der Waals surface area contributed by atoms with Crippen molar-refractivity contribution in [3.63, 3.8) is 0 Å². The zero-order valence-corrected chi connectivity index (χ0v) is 15.7. The fourth-order valence-electron chi connectivity index (χ4n) is 3.50. The Morgan fingerprint density at radius 2 is 1.75 bits per heavy atom. The van der Waals surface area contributed by atoms with Crippen molar-refractivity contribution in [3.8, 4) is 5.75 Å². The van der Waals surface area contributed by atoms with E-state index in [4.69, 9.17) is 9.47 Å². The maximum Gasteiger partial charge on any atom is 0.329 e. The highest BCUT2D eigenvalue weighted by molar-refractivity contribution is 6.08. The molecule has 1 heterocycles. The number of methoxy groups -OCH3 is 1. The molecule has 1 fully saturated rings. The van der Waals surface area contributed by atoms with Gasteiger partial charge in [0.05, 0.1) is 24.6 Å². The summed E-state index contributed by atoms with van der Waals surface area (Å²) < 4.78 is 10.2. The third kappa shape index (κ3) is 3.76. The van der Waals surface area contributed by atoms with Crippen molar-refractivity contribution in [2.24, 2.45) is 11.8 Å². The van der Waals surface area contributed by atoms with Crippen LogP contribution in [0.25, 0.3) is 0 Å². The van der Waals surface area contributed by atoms with Crippen LogP contribution in [-0.4, -0.2) is 48.3 Å². The number of ether oxygens (including phenoxy) is 2. The Kier molecular flexibility index (Phi) is 5.77. The van der Waals surface area contributed by atoms with E-state index in [1.165, 1.54) is 14.0 Å². The van der Waals surface area contributed by atoms with Crippen molar-refractivity contribution < 1.29 is 28.7 Å². The molecule has 1 aliphatic carbocycles. The van der Waals surface area contributed by atoms with Crippen molar-refractivity contribution in [2.45, 2.75) is 25.8 Å². The number of anilines is 1. The normalized spacial score (nSPS) is 21.9. The highest BCUT2D eigenvalue weighted by Gasteiger charge is 2.50. The molecule has 1 aromatic carbocycles. The summed E-state index contributed by atoms with van der Waals surface area (Å²) in [5.74, 6) is -2.43. The number of likely N-dealkylation sites (tertiary alicyclic amines) is 1. The van der Waals surface area contributed by atoms with Crippen LogP contribution in [0, 0.1) is 11.8 Å². The van der Waals surface area contributed by atoms with E-state index >= 15 is 0 Å². The first-order chi connectivity index (χ1) is 13.4. The quantitative estimate of drug-likeness (QED) is 0.452. The molecule has 0 spiro atoms. The minimum absolute atomic E-state index is 0.359. The van der Waals surface area contributed by atoms with Gasteiger partial charge >= 0.3 is 5.97 Å². The molecule has 0 aromatic heterocycles. The van der Waals surface area contributed by atoms with Gasteiger partial charge in [0, 0.05) is 0 Å². The summed E-state index contributed by atoms with van der Waals surface area (Å²) in [6, 6.07) is 5.74. The lowest BCUT2D eigenvalue weighted by molar-refractivity contribution is -0.159. The molecule has 1 saturated heterocycles. The molecule has 3 rings (SSSR count). The van der Waals surface area contributed by atoms with Gasteiger partial charge < -0.3 is 14.8 Å². The Balaban J connectivity index is 1.56. The summed E-state index contributed by atoms with van der Waals surface area (Å²) in [5.41, 5.74) is 0.445. The first-order valence-corrected chi connectivity index (χ1v) is 9.05. The number of hydrogen-bond acceptors (Lipinski definition) is 6. The Bertz CT molecular complexity index is 808. The first kappa shape index (κ1) is 19.6. The van der Waals surface area contributed by atoms with Crippen LogP contribution in [0.1, 0.15) is 19.8 Å². The van der Waals surface area contributed by atoms with Crippen LogP contribution in [0.4, 0.5) is 5.69 Å². The zero-order chi connectivity index (χ0) is 20.3. The van der Waals surface area contributed by atoms with E-state index in [2.05, 4.69) is 5.32 Å². The second kappa shape index (κ2) is 8.24. The third-order valence-electron chi connectivity index (χ3n) is 5.00. The van der Waals surface area contributed by atoms with E-state index in [0.717, 1.165) is 4.90 Å². The van der Waals surface area contributed by atoms with Crippen LogP contribution < -0.4 is 10.1 Å². The number of para-hydroxylation sites is 2. The van der Waals surface area contributed by atoms with Gasteiger partial charge in [0.2, 0.25) is 11.8 Å². The van der Waals surface area contributed by atoms with E-state index in [9.17, 15) is 19.2 Å². The van der Waals surface area contributed by atoms with Gasteiger partial charge in [-0.2, -0.15) is 0 Å². The predicted molar refractivity (Wildman–Crippen MR) is 99.3 cm³/mol. The molecule has 28 heavy (non-hydrogen) atoms. The molecule has 3 atom stereocenters. The summed E-state index contributed by atoms with van der Waals surface area (Å²) in [6.07, 6.45) is 4.74. The molecule has 1 aliphatic heterocycles. The fourth-order valence-corrected chi connectivity index (χ4v) is 3.50. The van der Waals surface area contributed by atoms with E-state index in [0.29, 0.717) is 24.3 Å². The van der Waals surface area contributed by atoms with Crippen LogP contribution in [0.3, 0.4) is 0 Å². The van der Waals surface area contributed by atoms with Crippen LogP contribution in [0.2, 0.25) is 0 Å². The zero-order valence-electron chi connectivity index (χ0n) is 15.7. The molecular weight excluding hydrogens is 364 g/mol. The fraction of sp³-hybridized carbons (Fsp3) is 0.400. The molecule has 3 amide bonds. The maximum atomic E-state index is 12.5. The van der Waals surface area contributed by atoms with E-state index in [-0.39, 0.29) is 11.8 Å². The monoisotopic (exact) mass is 386 g/mol. The molecule has 1 aromatic rings. The molecule has 8 nitrogen and oxygen atoms in total. The second-order valence-electron chi connectivity index (χ2n) is 6.73. The SMILES string of the molecule is COc1ccccc1NC(=O)COC(=O)[C@H](C)N1C(=O)[C@H]2CC=CC[C@@H]2C1=O. The number of nitrogens with zero attached hydrogens (tertiary/aromatic N) is 1. The van der Waals surface area contributed by atoms with Gasteiger partial charge in [-0.25, -0.2) is 4.79 Å². The lowest BCUT2D eigenvalue weighted by Gasteiger charge is -2.21. The Hall–Kier alpha value is -3.16. The molecule has 0 bridgehead atoms. The van der Waals surface area contributed by atoms with Crippen LogP contribution in [0.5, 0.6) is 5.75 Å². The van der Waals surface area contributed by atoms with Crippen LogP contribution in [0.15, 0.2) is 36.4 Å². The number of esters is 1. The molecule has 148 valence electrons. The highest BCUT2D eigenvalue weighted by Crippen LogP contribution is 2.36. The van der Waals surface area contributed by atoms with E-state index < -0.39 is 36.4 Å². The van der Waals surface area contributed by atoms with Gasteiger partial charge in [-0.3, -0.25) is 19.3 Å². The second-order valence-corrected chi connectivity index (χ2v) is 6.73. The van der Waals surface area contributed by atoms with Crippen molar-refractivity contribution in [1.82, 2.24) is 4.90 Å². The summed E-state index contributed by atoms with van der Waals surface area (Å²) >= 11 is 0. The van der Waals surface area contributed by atoms with Gasteiger partial charge in [0.1, 0.15) is 11.8 Å². The lowest BCUT2D eigenvalue weighted by Crippen LogP contribution is -2.45. The van der Waals surface area contributed by atoms with E-state index in [1.807, 2.05) is 12.2 Å². The largest absolute Gasteiger partial charge is 0.495 e. The number of amides is 3. The van der Waals surface area contributed by atoms with E-state index in [1.54, 1.807) is 24.3 Å². The van der Waals surface area contributed by atoms with Gasteiger partial charge in [-0.05, 0) is 31.9 Å². The van der Waals surface area contributed by atoms with Crippen LogP contribution in [-0.2, 0) is 23.9 Å². The molecule has 1 N–H and O–H groups in total. The average Bonchev–Trinajstić information content (AvgIpc) is 2.96. The van der Waals surface area contributed by atoms with Crippen molar-refractivity contribution in [3.05, 3.63) is 36.4 Å². The number of carbonyl (C=O) groups excluding carboxylic acids is 4. The molecule has 0 radical (unpaired) electrons. The van der Waals surface area contributed by atoms with Crippen molar-refractivity contribution >= 4 is 29.4 Å². The van der Waals surface area contributed by atoms with Crippen LogP contribution >= 0.6 is 0 Å². The van der Waals surface area contributed by atoms with Gasteiger partial charge in [0.15, 0.2) is 6.61 Å². The van der Waals surface area contributed by atoms with Gasteiger partial charge in [-0.1, -0.05) is 24.3 Å². The number of fused-ring (bicyclic) bond motifs is 1. The number of nitrogens with one attached hydrogen (secondary N) is 1. The maximum absolute atomic E-state index is 12.5. The summed E-state index contributed by atoms with van der Waals surface area (Å²) in [4.78, 5) is 50.4. The molecule has 2 aliphatic rings. The number of imide groups is 1. The Morgan fingerprint density at radius 3 is 2.36 bits per heavy atom. The summed E-state index contributed by atoms with van der Waals surface area (Å²) in [5, 5.41) is 2.59. The number of benzene rings is 1. The first-order valence-electron chi connectivity index (χ1n) is 9.05. The summed E-state index contributed by atoms with van der Waals surface area (Å²) in [7, 11) is 1.48. The third-order valence-corrected chi connectivity index (χ3v) is 5.00. The van der Waals surface area contributed by atoms with Gasteiger partial charge in [0.25, 0.3) is 5.91 Å². The van der Waals surface area contributed by atoms with Crippen molar-refractivity contribution in [1.29, 1.82) is 0 Å². The highest BCUT2D eigenvalue weighted by atomic mass is 16.5. The number of carbonyl (C=O) groups is 4. The average molecular weight is 386 g/mol. The Labute approximate surface area is 162 Å². The minimum atomic E-state index is -1.08. The standard InChI is InChI=1S/C20H22N2O6/c1-12(22-18(24)13-7-3-4-8-14(13)19(22)25)20(26)28-11-17(23)21-15-9-5-6-10-16(15)27-2/h3-6,9-10,12-14H,7-8,11H2,1-2H3,(H,21,23)/t12-,13-,14-/m0/s1. The molecule has 8 heteroatoms. The molecular formula is C20H22N2O6. The minimum Gasteiger partial charge on any atom is -0.495 e. The summed E-state index contributed by atoms with van der Waals surface area (Å²) in [6.45, 7) is 0.896. The number of allylic oxidation sites excluding steroid dienone is 2. The predicted octanol–water partition coefficient (Wildman–Crippen LogP) is 1.52. The molecule has 0 saturated carbocycles. The topological polar surface area (TPSA) is 102 Å². The van der Waals surface area contributed by atoms with Crippen molar-refractivity contribution in [2.75, 3.05) is 19.0 Å².